The molecule has 0 N–H and O–H groups in total. The fourth-order valence-electron chi connectivity index (χ4n) is 3.31. The predicted octanol–water partition coefficient (Wildman–Crippen LogP) is 4.43. The van der Waals surface area contributed by atoms with Crippen LogP contribution in [0.5, 0.6) is 0 Å². The van der Waals surface area contributed by atoms with Crippen LogP contribution < -0.4 is 4.90 Å². The molecule has 2 aliphatic heterocycles. The lowest BCUT2D eigenvalue weighted by molar-refractivity contribution is 0.468. The molecular weight excluding hydrogens is 308 g/mol. The Kier molecular flexibility index (Phi) is 2.44. The summed E-state index contributed by atoms with van der Waals surface area (Å²) in [7, 11) is 1.95. The molecule has 0 amide bonds. The molecule has 3 aromatic rings. The van der Waals surface area contributed by atoms with Crippen molar-refractivity contribution in [3.63, 3.8) is 0 Å². The molecule has 3 heterocycles. The van der Waals surface area contributed by atoms with Crippen LogP contribution in [0.1, 0.15) is 0 Å². The van der Waals surface area contributed by atoms with Gasteiger partial charge in [0.15, 0.2) is 5.82 Å². The maximum Gasteiger partial charge on any atom is 0.151 e. The van der Waals surface area contributed by atoms with Crippen LogP contribution in [0.2, 0.25) is 5.02 Å². The largest absolute Gasteiger partial charge is 0.312 e. The molecule has 2 aromatic carbocycles. The second-order valence-electron chi connectivity index (χ2n) is 5.70. The number of hydrazone groups is 1. The van der Waals surface area contributed by atoms with Gasteiger partial charge in [0, 0.05) is 23.0 Å². The summed E-state index contributed by atoms with van der Waals surface area (Å²) in [6.07, 6.45) is 3.97. The van der Waals surface area contributed by atoms with Crippen molar-refractivity contribution in [2.45, 2.75) is 0 Å². The summed E-state index contributed by atoms with van der Waals surface area (Å²) in [4.78, 5) is 2.11. The third-order valence-electron chi connectivity index (χ3n) is 4.43. The van der Waals surface area contributed by atoms with Crippen LogP contribution in [-0.4, -0.2) is 23.0 Å². The molecule has 0 radical (unpaired) electrons. The summed E-state index contributed by atoms with van der Waals surface area (Å²) in [6, 6.07) is 16.5. The molecule has 4 nitrogen and oxygen atoms in total. The first-order valence-electron chi connectivity index (χ1n) is 7.42. The summed E-state index contributed by atoms with van der Waals surface area (Å²) in [5, 5.41) is 8.11. The molecule has 5 rings (SSSR count). The number of anilines is 1. The molecule has 0 atom stereocenters. The van der Waals surface area contributed by atoms with Crippen LogP contribution in [0, 0.1) is 0 Å². The molecule has 0 fully saturated rings. The molecular formula is C18H13ClN4. The molecule has 2 aliphatic rings. The molecule has 0 bridgehead atoms. The number of benzene rings is 2. The summed E-state index contributed by atoms with van der Waals surface area (Å²) < 4.78 is 2.19. The molecule has 1 aromatic heterocycles. The van der Waals surface area contributed by atoms with Gasteiger partial charge in [-0.25, -0.2) is 5.01 Å². The standard InChI is InChI=1S/C18H13ClN4/c1-21-18-10-22-16-8-4-6-14(19)13(16)9-17(22)12-5-2-3-7-15(12)23(18)11-20-21/h2-11H,1H3. The van der Waals surface area contributed by atoms with E-state index < -0.39 is 0 Å². The van der Waals surface area contributed by atoms with Gasteiger partial charge in [-0.05, 0) is 24.3 Å². The van der Waals surface area contributed by atoms with Gasteiger partial charge in [-0.1, -0.05) is 35.9 Å². The topological polar surface area (TPSA) is 23.8 Å². The van der Waals surface area contributed by atoms with E-state index in [2.05, 4.69) is 51.1 Å². The molecule has 112 valence electrons. The number of rotatable bonds is 0. The van der Waals surface area contributed by atoms with E-state index in [-0.39, 0.29) is 0 Å². The summed E-state index contributed by atoms with van der Waals surface area (Å²) in [5.74, 6) is 1.01. The van der Waals surface area contributed by atoms with Crippen LogP contribution in [0.15, 0.2) is 59.5 Å². The Morgan fingerprint density at radius 2 is 1.91 bits per heavy atom. The number of halogens is 1. The van der Waals surface area contributed by atoms with Gasteiger partial charge in [-0.15, -0.1) is 0 Å². The Labute approximate surface area is 138 Å². The van der Waals surface area contributed by atoms with Gasteiger partial charge in [-0.3, -0.25) is 4.90 Å². The van der Waals surface area contributed by atoms with E-state index in [9.17, 15) is 0 Å². The van der Waals surface area contributed by atoms with Crippen molar-refractivity contribution in [3.8, 4) is 11.3 Å². The van der Waals surface area contributed by atoms with E-state index in [1.165, 1.54) is 0 Å². The highest BCUT2D eigenvalue weighted by Gasteiger charge is 2.27. The van der Waals surface area contributed by atoms with Crippen LogP contribution in [0.3, 0.4) is 0 Å². The number of para-hydroxylation sites is 1. The molecule has 0 unspecified atom stereocenters. The molecule has 0 saturated heterocycles. The monoisotopic (exact) mass is 320 g/mol. The maximum atomic E-state index is 6.40. The Bertz CT molecular complexity index is 1020. The van der Waals surface area contributed by atoms with Crippen molar-refractivity contribution in [1.82, 2.24) is 9.58 Å². The lowest BCUT2D eigenvalue weighted by Crippen LogP contribution is -2.21. The molecule has 0 saturated carbocycles. The Balaban J connectivity index is 1.94. The first kappa shape index (κ1) is 12.8. The first-order chi connectivity index (χ1) is 11.2. The zero-order chi connectivity index (χ0) is 15.6. The highest BCUT2D eigenvalue weighted by molar-refractivity contribution is 6.35. The van der Waals surface area contributed by atoms with Gasteiger partial charge in [0.2, 0.25) is 0 Å². The predicted molar refractivity (Wildman–Crippen MR) is 95.4 cm³/mol. The number of aromatic nitrogens is 1. The van der Waals surface area contributed by atoms with Crippen LogP contribution in [0.4, 0.5) is 5.69 Å². The van der Waals surface area contributed by atoms with Crippen molar-refractivity contribution >= 4 is 40.7 Å². The van der Waals surface area contributed by atoms with E-state index in [0.29, 0.717) is 0 Å². The quantitative estimate of drug-likeness (QED) is 0.612. The van der Waals surface area contributed by atoms with E-state index in [1.54, 1.807) is 0 Å². The molecule has 23 heavy (non-hydrogen) atoms. The fourth-order valence-corrected chi connectivity index (χ4v) is 3.54. The minimum Gasteiger partial charge on any atom is -0.312 e. The number of hydrogen-bond acceptors (Lipinski definition) is 3. The van der Waals surface area contributed by atoms with Crippen molar-refractivity contribution in [3.05, 3.63) is 59.4 Å². The average Bonchev–Trinajstić information content (AvgIpc) is 3.07. The van der Waals surface area contributed by atoms with Crippen LogP contribution in [-0.2, 0) is 0 Å². The van der Waals surface area contributed by atoms with Gasteiger partial charge in [-0.2, -0.15) is 5.10 Å². The Morgan fingerprint density at radius 1 is 1.04 bits per heavy atom. The third kappa shape index (κ3) is 1.64. The minimum atomic E-state index is 0.770. The summed E-state index contributed by atoms with van der Waals surface area (Å²) in [5.41, 5.74) is 4.50. The van der Waals surface area contributed by atoms with Gasteiger partial charge < -0.3 is 4.57 Å². The van der Waals surface area contributed by atoms with Gasteiger partial charge in [0.05, 0.1) is 23.1 Å². The summed E-state index contributed by atoms with van der Waals surface area (Å²) in [6.45, 7) is 0. The highest BCUT2D eigenvalue weighted by atomic mass is 35.5. The molecule has 0 aliphatic carbocycles. The lowest BCUT2D eigenvalue weighted by Gasteiger charge is -2.19. The van der Waals surface area contributed by atoms with Gasteiger partial charge >= 0.3 is 0 Å². The van der Waals surface area contributed by atoms with Crippen LogP contribution in [0.25, 0.3) is 28.4 Å². The van der Waals surface area contributed by atoms with Crippen LogP contribution >= 0.6 is 11.6 Å². The van der Waals surface area contributed by atoms with Gasteiger partial charge in [0.25, 0.3) is 0 Å². The minimum absolute atomic E-state index is 0.770. The Morgan fingerprint density at radius 3 is 2.83 bits per heavy atom. The SMILES string of the molecule is CN1N=CN2C1=Cn1c(cc3c(Cl)cccc31)-c1ccccc12. The second kappa shape index (κ2) is 4.40. The zero-order valence-electron chi connectivity index (χ0n) is 12.4. The van der Waals surface area contributed by atoms with E-state index >= 15 is 0 Å². The smallest absolute Gasteiger partial charge is 0.151 e. The average molecular weight is 321 g/mol. The number of fused-ring (bicyclic) bond motifs is 7. The zero-order valence-corrected chi connectivity index (χ0v) is 13.2. The normalized spacial score (nSPS) is 15.3. The fraction of sp³-hybridized carbons (Fsp3) is 0.0556. The van der Waals surface area contributed by atoms with E-state index in [4.69, 9.17) is 11.6 Å². The number of hydrogen-bond donors (Lipinski definition) is 0. The van der Waals surface area contributed by atoms with E-state index in [1.807, 2.05) is 36.6 Å². The molecule has 0 spiro atoms. The second-order valence-corrected chi connectivity index (χ2v) is 6.11. The Hall–Kier alpha value is -2.72. The van der Waals surface area contributed by atoms with E-state index in [0.717, 1.165) is 38.7 Å². The summed E-state index contributed by atoms with van der Waals surface area (Å²) >= 11 is 6.40. The molecule has 5 heteroatoms. The lowest BCUT2D eigenvalue weighted by atomic mass is 10.1. The number of nitrogens with zero attached hydrogens (tertiary/aromatic N) is 4. The van der Waals surface area contributed by atoms with Gasteiger partial charge in [0.1, 0.15) is 6.34 Å². The van der Waals surface area contributed by atoms with Crippen molar-refractivity contribution in [1.29, 1.82) is 0 Å². The first-order valence-corrected chi connectivity index (χ1v) is 7.79. The van der Waals surface area contributed by atoms with Crippen molar-refractivity contribution in [2.75, 3.05) is 11.9 Å². The third-order valence-corrected chi connectivity index (χ3v) is 4.76. The van der Waals surface area contributed by atoms with Crippen molar-refractivity contribution < 1.29 is 0 Å². The highest BCUT2D eigenvalue weighted by Crippen LogP contribution is 2.41. The van der Waals surface area contributed by atoms with Crippen molar-refractivity contribution in [2.24, 2.45) is 5.10 Å². The maximum absolute atomic E-state index is 6.40.